The van der Waals surface area contributed by atoms with Crippen LogP contribution in [0.3, 0.4) is 0 Å². The molecule has 0 radical (unpaired) electrons. The molecule has 1 saturated heterocycles. The number of hydrogen-bond acceptors (Lipinski definition) is 2. The van der Waals surface area contributed by atoms with Gasteiger partial charge in [0.15, 0.2) is 0 Å². The SMILES string of the molecule is CC(C)CCNC1CCN(C2CC2)CC1. The van der Waals surface area contributed by atoms with Crippen LogP contribution in [0.1, 0.15) is 46.0 Å². The van der Waals surface area contributed by atoms with Gasteiger partial charge in [-0.05, 0) is 57.7 Å². The van der Waals surface area contributed by atoms with E-state index in [-0.39, 0.29) is 0 Å². The van der Waals surface area contributed by atoms with Crippen molar-refractivity contribution in [1.29, 1.82) is 0 Å². The molecule has 0 aromatic heterocycles. The van der Waals surface area contributed by atoms with E-state index >= 15 is 0 Å². The second kappa shape index (κ2) is 5.31. The van der Waals surface area contributed by atoms with Crippen molar-refractivity contribution in [3.05, 3.63) is 0 Å². The summed E-state index contributed by atoms with van der Waals surface area (Å²) >= 11 is 0. The molecule has 88 valence electrons. The fourth-order valence-corrected chi connectivity index (χ4v) is 2.48. The monoisotopic (exact) mass is 210 g/mol. The zero-order valence-corrected chi connectivity index (χ0v) is 10.3. The van der Waals surface area contributed by atoms with Crippen LogP contribution in [0.15, 0.2) is 0 Å². The Labute approximate surface area is 94.4 Å². The first kappa shape index (κ1) is 11.4. The lowest BCUT2D eigenvalue weighted by atomic mass is 10.0. The van der Waals surface area contributed by atoms with Gasteiger partial charge in [-0.2, -0.15) is 0 Å². The molecule has 0 aromatic rings. The summed E-state index contributed by atoms with van der Waals surface area (Å²) in [5, 5.41) is 3.71. The Morgan fingerprint density at radius 3 is 2.33 bits per heavy atom. The summed E-state index contributed by atoms with van der Waals surface area (Å²) < 4.78 is 0. The van der Waals surface area contributed by atoms with Crippen LogP contribution in [0.25, 0.3) is 0 Å². The van der Waals surface area contributed by atoms with Gasteiger partial charge in [-0.15, -0.1) is 0 Å². The second-order valence-electron chi connectivity index (χ2n) is 5.68. The lowest BCUT2D eigenvalue weighted by molar-refractivity contribution is 0.189. The molecule has 2 aliphatic rings. The maximum Gasteiger partial charge on any atom is 0.00964 e. The van der Waals surface area contributed by atoms with Crippen LogP contribution in [0.4, 0.5) is 0 Å². The lowest BCUT2D eigenvalue weighted by Gasteiger charge is -2.32. The Morgan fingerprint density at radius 2 is 1.80 bits per heavy atom. The number of hydrogen-bond donors (Lipinski definition) is 1. The number of rotatable bonds is 5. The van der Waals surface area contributed by atoms with Gasteiger partial charge in [-0.25, -0.2) is 0 Å². The molecular weight excluding hydrogens is 184 g/mol. The lowest BCUT2D eigenvalue weighted by Crippen LogP contribution is -2.43. The highest BCUT2D eigenvalue weighted by Gasteiger charge is 2.31. The Hall–Kier alpha value is -0.0800. The molecule has 1 saturated carbocycles. The van der Waals surface area contributed by atoms with Crippen molar-refractivity contribution in [3.63, 3.8) is 0 Å². The number of nitrogens with zero attached hydrogens (tertiary/aromatic N) is 1. The van der Waals surface area contributed by atoms with Gasteiger partial charge >= 0.3 is 0 Å². The summed E-state index contributed by atoms with van der Waals surface area (Å²) in [5.74, 6) is 0.837. The Bertz CT molecular complexity index is 176. The number of likely N-dealkylation sites (tertiary alicyclic amines) is 1. The van der Waals surface area contributed by atoms with Gasteiger partial charge in [0.2, 0.25) is 0 Å². The normalized spacial score (nSPS) is 25.0. The fourth-order valence-electron chi connectivity index (χ4n) is 2.48. The molecular formula is C13H26N2. The van der Waals surface area contributed by atoms with Crippen molar-refractivity contribution in [1.82, 2.24) is 10.2 Å². The first-order valence-electron chi connectivity index (χ1n) is 6.73. The Kier molecular flexibility index (Phi) is 4.04. The maximum absolute atomic E-state index is 3.71. The van der Waals surface area contributed by atoms with E-state index in [2.05, 4.69) is 24.1 Å². The average molecular weight is 210 g/mol. The fraction of sp³-hybridized carbons (Fsp3) is 1.00. The van der Waals surface area contributed by atoms with Crippen LogP contribution in [0.5, 0.6) is 0 Å². The summed E-state index contributed by atoms with van der Waals surface area (Å²) in [7, 11) is 0. The van der Waals surface area contributed by atoms with Crippen molar-refractivity contribution < 1.29 is 0 Å². The van der Waals surface area contributed by atoms with Crippen LogP contribution in [-0.4, -0.2) is 36.6 Å². The van der Waals surface area contributed by atoms with Gasteiger partial charge in [0.05, 0.1) is 0 Å². The molecule has 0 amide bonds. The maximum atomic E-state index is 3.71. The Morgan fingerprint density at radius 1 is 1.13 bits per heavy atom. The molecule has 1 aliphatic heterocycles. The second-order valence-corrected chi connectivity index (χ2v) is 5.68. The van der Waals surface area contributed by atoms with Crippen LogP contribution in [0, 0.1) is 5.92 Å². The minimum Gasteiger partial charge on any atom is -0.314 e. The molecule has 1 aliphatic carbocycles. The van der Waals surface area contributed by atoms with Gasteiger partial charge in [-0.1, -0.05) is 13.8 Å². The minimum atomic E-state index is 0.804. The van der Waals surface area contributed by atoms with Crippen LogP contribution in [0.2, 0.25) is 0 Å². The van der Waals surface area contributed by atoms with Crippen molar-refractivity contribution in [3.8, 4) is 0 Å². The third-order valence-electron chi connectivity index (χ3n) is 3.75. The number of piperidine rings is 1. The van der Waals surface area contributed by atoms with E-state index in [0.717, 1.165) is 18.0 Å². The zero-order chi connectivity index (χ0) is 10.7. The smallest absolute Gasteiger partial charge is 0.00964 e. The highest BCUT2D eigenvalue weighted by Crippen LogP contribution is 2.29. The van der Waals surface area contributed by atoms with Crippen molar-refractivity contribution in [2.75, 3.05) is 19.6 Å². The summed E-state index contributed by atoms with van der Waals surface area (Å²) in [6.07, 6.45) is 6.99. The summed E-state index contributed by atoms with van der Waals surface area (Å²) in [4.78, 5) is 2.70. The minimum absolute atomic E-state index is 0.804. The van der Waals surface area contributed by atoms with Gasteiger partial charge in [0, 0.05) is 12.1 Å². The first-order valence-corrected chi connectivity index (χ1v) is 6.73. The molecule has 2 nitrogen and oxygen atoms in total. The predicted molar refractivity (Wildman–Crippen MR) is 65.1 cm³/mol. The van der Waals surface area contributed by atoms with Crippen molar-refractivity contribution in [2.45, 2.75) is 58.0 Å². The average Bonchev–Trinajstić information content (AvgIpc) is 3.02. The van der Waals surface area contributed by atoms with E-state index in [9.17, 15) is 0 Å². The molecule has 0 bridgehead atoms. The molecule has 0 aromatic carbocycles. The van der Waals surface area contributed by atoms with Crippen molar-refractivity contribution in [2.24, 2.45) is 5.92 Å². The van der Waals surface area contributed by atoms with Gasteiger partial charge in [0.25, 0.3) is 0 Å². The van der Waals surface area contributed by atoms with Crippen molar-refractivity contribution >= 4 is 0 Å². The van der Waals surface area contributed by atoms with Gasteiger partial charge < -0.3 is 10.2 Å². The van der Waals surface area contributed by atoms with Crippen LogP contribution in [-0.2, 0) is 0 Å². The quantitative estimate of drug-likeness (QED) is 0.749. The van der Waals surface area contributed by atoms with E-state index in [4.69, 9.17) is 0 Å². The molecule has 15 heavy (non-hydrogen) atoms. The molecule has 0 spiro atoms. The molecule has 0 unspecified atom stereocenters. The largest absolute Gasteiger partial charge is 0.314 e. The summed E-state index contributed by atoms with van der Waals surface area (Å²) in [6.45, 7) is 8.49. The topological polar surface area (TPSA) is 15.3 Å². The Balaban J connectivity index is 1.56. The molecule has 0 atom stereocenters. The van der Waals surface area contributed by atoms with E-state index in [1.807, 2.05) is 0 Å². The molecule has 1 N–H and O–H groups in total. The number of nitrogens with one attached hydrogen (secondary N) is 1. The highest BCUT2D eigenvalue weighted by molar-refractivity contribution is 4.88. The molecule has 2 fully saturated rings. The van der Waals surface area contributed by atoms with Gasteiger partial charge in [-0.3, -0.25) is 0 Å². The van der Waals surface area contributed by atoms with E-state index in [0.29, 0.717) is 0 Å². The van der Waals surface area contributed by atoms with Gasteiger partial charge in [0.1, 0.15) is 0 Å². The zero-order valence-electron chi connectivity index (χ0n) is 10.3. The molecule has 2 rings (SSSR count). The summed E-state index contributed by atoms with van der Waals surface area (Å²) in [5.41, 5.74) is 0. The van der Waals surface area contributed by atoms with Crippen LogP contribution >= 0.6 is 0 Å². The van der Waals surface area contributed by atoms with E-state index in [1.165, 1.54) is 51.7 Å². The predicted octanol–water partition coefficient (Wildman–Crippen LogP) is 2.25. The highest BCUT2D eigenvalue weighted by atomic mass is 15.2. The molecule has 2 heteroatoms. The first-order chi connectivity index (χ1) is 7.25. The summed E-state index contributed by atoms with van der Waals surface area (Å²) in [6, 6.07) is 1.78. The third kappa shape index (κ3) is 3.76. The van der Waals surface area contributed by atoms with E-state index < -0.39 is 0 Å². The van der Waals surface area contributed by atoms with Crippen LogP contribution < -0.4 is 5.32 Å². The van der Waals surface area contributed by atoms with E-state index in [1.54, 1.807) is 0 Å². The molecule has 1 heterocycles. The third-order valence-corrected chi connectivity index (χ3v) is 3.75. The standard InChI is InChI=1S/C13H26N2/c1-11(2)5-8-14-12-6-9-15(10-7-12)13-3-4-13/h11-14H,3-10H2,1-2H3.